The Balaban J connectivity index is 1.23. The van der Waals surface area contributed by atoms with Crippen LogP contribution in [0.15, 0.2) is 117 Å². The third-order valence-corrected chi connectivity index (χ3v) is 11.1. The molecule has 6 aromatic rings. The summed E-state index contributed by atoms with van der Waals surface area (Å²) < 4.78 is 15.7. The highest BCUT2D eigenvalue weighted by atomic mass is 32.2. The normalized spacial score (nSPS) is 14.6. The van der Waals surface area contributed by atoms with Gasteiger partial charge in [-0.2, -0.15) is 9.97 Å². The zero-order chi connectivity index (χ0) is 33.0. The Bertz CT molecular complexity index is 2050. The number of pyridine rings is 1. The average Bonchev–Trinajstić information content (AvgIpc) is 3.67. The molecule has 2 N–H and O–H groups in total. The van der Waals surface area contributed by atoms with Crippen molar-refractivity contribution in [3.05, 3.63) is 119 Å². The van der Waals surface area contributed by atoms with Crippen molar-refractivity contribution in [3.8, 4) is 0 Å². The lowest BCUT2D eigenvalue weighted by Gasteiger charge is -2.30. The van der Waals surface area contributed by atoms with E-state index in [1.807, 2.05) is 90.1 Å². The molecule has 0 saturated carbocycles. The molecular formula is C36H36N8O2S2. The van der Waals surface area contributed by atoms with Gasteiger partial charge in [-0.3, -0.25) is 9.36 Å². The van der Waals surface area contributed by atoms with E-state index in [1.165, 1.54) is 11.3 Å². The van der Waals surface area contributed by atoms with E-state index in [-0.39, 0.29) is 12.1 Å². The van der Waals surface area contributed by atoms with Crippen LogP contribution in [0.5, 0.6) is 0 Å². The van der Waals surface area contributed by atoms with Crippen molar-refractivity contribution in [2.45, 2.75) is 34.7 Å². The second kappa shape index (κ2) is 14.2. The van der Waals surface area contributed by atoms with Crippen molar-refractivity contribution in [2.75, 3.05) is 42.7 Å². The van der Waals surface area contributed by atoms with Crippen molar-refractivity contribution in [2.24, 2.45) is 0 Å². The number of hydrogen-bond donors (Lipinski definition) is 2. The standard InChI is InChI=1S/C36H36N8O2S2/c1-42-19-16-29(17-20-42)39-27-12-14-28(15-13-27)40-35-38-23-26-22-31(43(2)30-9-4-3-5-10-30)34(45)44(33(26)41-35)24-25-8-6-7-11-32(25)48(46)36-37-18-21-47-36/h3-15,18,21-23,29,39H,16-17,19-20,24H2,1-2H3,(H,38,40,41). The van der Waals surface area contributed by atoms with E-state index in [0.29, 0.717) is 37.9 Å². The van der Waals surface area contributed by atoms with Crippen molar-refractivity contribution in [3.63, 3.8) is 0 Å². The lowest BCUT2D eigenvalue weighted by molar-refractivity contribution is 0.264. The number of rotatable bonds is 10. The largest absolute Gasteiger partial charge is 0.605 e. The summed E-state index contributed by atoms with van der Waals surface area (Å²) in [7, 11) is 4.04. The average molecular weight is 677 g/mol. The summed E-state index contributed by atoms with van der Waals surface area (Å²) in [6.07, 6.45) is 5.62. The van der Waals surface area contributed by atoms with Gasteiger partial charge < -0.3 is 25.0 Å². The van der Waals surface area contributed by atoms with Crippen LogP contribution < -0.4 is 21.1 Å². The summed E-state index contributed by atoms with van der Waals surface area (Å²) >= 11 is -0.151. The van der Waals surface area contributed by atoms with Gasteiger partial charge in [0.2, 0.25) is 5.95 Å². The summed E-state index contributed by atoms with van der Waals surface area (Å²) in [6.45, 7) is 2.36. The Labute approximate surface area is 286 Å². The molecule has 3 aromatic carbocycles. The molecule has 7 rings (SSSR count). The molecule has 10 nitrogen and oxygen atoms in total. The number of nitrogens with one attached hydrogen (secondary N) is 2. The van der Waals surface area contributed by atoms with Crippen molar-refractivity contribution >= 4 is 62.2 Å². The van der Waals surface area contributed by atoms with Crippen LogP contribution >= 0.6 is 11.3 Å². The van der Waals surface area contributed by atoms with Crippen LogP contribution in [0.3, 0.4) is 0 Å². The first kappa shape index (κ1) is 31.8. The number of likely N-dealkylation sites (tertiary alicyclic amines) is 1. The number of hydrogen-bond acceptors (Lipinski definition) is 10. The van der Waals surface area contributed by atoms with E-state index >= 15 is 0 Å². The monoisotopic (exact) mass is 676 g/mol. The second-order valence-electron chi connectivity index (χ2n) is 11.9. The Morgan fingerprint density at radius 1 is 0.979 bits per heavy atom. The minimum atomic E-state index is -1.49. The SMILES string of the molecule is CN1CCC(Nc2ccc(Nc3ncc4cc(N(C)c5ccccc5)c(=O)n(Cc5ccccc5[S+]([O-])c5nccs5)c4n3)cc2)CC1. The smallest absolute Gasteiger partial charge is 0.307 e. The molecule has 1 aliphatic heterocycles. The zero-order valence-electron chi connectivity index (χ0n) is 26.7. The molecule has 1 aliphatic rings. The Morgan fingerprint density at radius 3 is 2.46 bits per heavy atom. The van der Waals surface area contributed by atoms with Gasteiger partial charge in [0.05, 0.1) is 17.7 Å². The first-order chi connectivity index (χ1) is 23.4. The van der Waals surface area contributed by atoms with E-state index in [9.17, 15) is 9.35 Å². The van der Waals surface area contributed by atoms with E-state index in [4.69, 9.17) is 4.98 Å². The molecule has 0 amide bonds. The Hall–Kier alpha value is -4.75. The maximum absolute atomic E-state index is 14.3. The number of benzene rings is 3. The number of aromatic nitrogens is 4. The number of fused-ring (bicyclic) bond motifs is 1. The fourth-order valence-electron chi connectivity index (χ4n) is 5.93. The van der Waals surface area contributed by atoms with Crippen LogP contribution in [-0.2, 0) is 17.7 Å². The molecule has 244 valence electrons. The molecule has 0 bridgehead atoms. The van der Waals surface area contributed by atoms with Gasteiger partial charge in [-0.05, 0) is 81.5 Å². The highest BCUT2D eigenvalue weighted by Gasteiger charge is 2.24. The first-order valence-corrected chi connectivity index (χ1v) is 17.9. The highest BCUT2D eigenvalue weighted by Crippen LogP contribution is 2.29. The minimum Gasteiger partial charge on any atom is -0.605 e. The summed E-state index contributed by atoms with van der Waals surface area (Å²) in [4.78, 5) is 32.9. The lowest BCUT2D eigenvalue weighted by Crippen LogP contribution is -2.36. The molecule has 3 aromatic heterocycles. The van der Waals surface area contributed by atoms with Crippen LogP contribution in [0.4, 0.5) is 28.7 Å². The fraction of sp³-hybridized carbons (Fsp3) is 0.222. The second-order valence-corrected chi connectivity index (χ2v) is 14.4. The molecule has 1 fully saturated rings. The fourth-order valence-corrected chi connectivity index (χ4v) is 7.99. The summed E-state index contributed by atoms with van der Waals surface area (Å²) in [5, 5.41) is 9.48. The predicted octanol–water partition coefficient (Wildman–Crippen LogP) is 6.48. The topological polar surface area (TPSA) is 114 Å². The number of para-hydroxylation sites is 1. The van der Waals surface area contributed by atoms with Crippen molar-refractivity contribution in [1.29, 1.82) is 0 Å². The number of nitrogens with zero attached hydrogens (tertiary/aromatic N) is 6. The molecule has 0 radical (unpaired) electrons. The predicted molar refractivity (Wildman–Crippen MR) is 195 cm³/mol. The van der Waals surface area contributed by atoms with Gasteiger partial charge in [0.1, 0.15) is 11.3 Å². The van der Waals surface area contributed by atoms with E-state index in [2.05, 4.69) is 44.7 Å². The van der Waals surface area contributed by atoms with E-state index in [0.717, 1.165) is 48.6 Å². The summed E-state index contributed by atoms with van der Waals surface area (Å²) in [5.74, 6) is 0.371. The number of piperidine rings is 1. The van der Waals surface area contributed by atoms with Gasteiger partial charge in [-0.25, -0.2) is 4.98 Å². The lowest BCUT2D eigenvalue weighted by atomic mass is 10.1. The molecule has 0 aliphatic carbocycles. The molecule has 1 atom stereocenters. The zero-order valence-corrected chi connectivity index (χ0v) is 28.4. The van der Waals surface area contributed by atoms with Gasteiger partial charge in [-0.1, -0.05) is 47.7 Å². The van der Waals surface area contributed by atoms with E-state index in [1.54, 1.807) is 17.0 Å². The van der Waals surface area contributed by atoms with Crippen LogP contribution in [0.1, 0.15) is 18.4 Å². The van der Waals surface area contributed by atoms with Crippen LogP contribution in [0, 0.1) is 0 Å². The van der Waals surface area contributed by atoms with Crippen LogP contribution in [0.25, 0.3) is 11.0 Å². The molecular weight excluding hydrogens is 641 g/mol. The van der Waals surface area contributed by atoms with Crippen LogP contribution in [-0.4, -0.2) is 62.2 Å². The number of anilines is 5. The molecule has 0 spiro atoms. The molecule has 4 heterocycles. The third kappa shape index (κ3) is 6.92. The summed E-state index contributed by atoms with van der Waals surface area (Å²) in [5.41, 5.74) is 4.25. The van der Waals surface area contributed by atoms with Crippen LogP contribution in [0.2, 0.25) is 0 Å². The van der Waals surface area contributed by atoms with Crippen molar-refractivity contribution < 1.29 is 4.55 Å². The Morgan fingerprint density at radius 2 is 1.71 bits per heavy atom. The van der Waals surface area contributed by atoms with Gasteiger partial charge in [-0.15, -0.1) is 0 Å². The van der Waals surface area contributed by atoms with Gasteiger partial charge >= 0.3 is 4.34 Å². The maximum atomic E-state index is 14.3. The molecule has 1 unspecified atom stereocenters. The maximum Gasteiger partial charge on any atom is 0.307 e. The summed E-state index contributed by atoms with van der Waals surface area (Å²) in [6, 6.07) is 27.6. The molecule has 1 saturated heterocycles. The minimum absolute atomic E-state index is 0.160. The highest BCUT2D eigenvalue weighted by molar-refractivity contribution is 7.93. The van der Waals surface area contributed by atoms with Gasteiger partial charge in [0.25, 0.3) is 5.56 Å². The third-order valence-electron chi connectivity index (χ3n) is 8.61. The molecule has 48 heavy (non-hydrogen) atoms. The Kier molecular flexibility index (Phi) is 9.39. The van der Waals surface area contributed by atoms with Crippen molar-refractivity contribution in [1.82, 2.24) is 24.4 Å². The molecule has 12 heteroatoms. The van der Waals surface area contributed by atoms with Gasteiger partial charge in [0.15, 0.2) is 4.90 Å². The quantitative estimate of drug-likeness (QED) is 0.157. The van der Waals surface area contributed by atoms with E-state index < -0.39 is 11.2 Å². The van der Waals surface area contributed by atoms with Gasteiger partial charge in [0, 0.05) is 58.9 Å². The number of thiazole rings is 1. The first-order valence-electron chi connectivity index (χ1n) is 15.8.